The third-order valence-electron chi connectivity index (χ3n) is 2.12. The molecule has 0 radical (unpaired) electrons. The molecule has 0 bridgehead atoms. The van der Waals surface area contributed by atoms with Crippen LogP contribution in [-0.2, 0) is 4.79 Å². The molecule has 0 amide bonds. The van der Waals surface area contributed by atoms with E-state index in [1.165, 1.54) is 4.90 Å². The van der Waals surface area contributed by atoms with E-state index in [1.54, 1.807) is 6.92 Å². The molecule has 1 atom stereocenters. The molecule has 1 unspecified atom stereocenters. The van der Waals surface area contributed by atoms with Gasteiger partial charge in [0.2, 0.25) is 0 Å². The lowest BCUT2D eigenvalue weighted by Gasteiger charge is -2.24. The van der Waals surface area contributed by atoms with E-state index < -0.39 is 24.6 Å². The van der Waals surface area contributed by atoms with Crippen LogP contribution >= 0.6 is 0 Å². The number of carbonyl (C=O) groups is 1. The molecule has 0 saturated carbocycles. The van der Waals surface area contributed by atoms with Gasteiger partial charge in [-0.3, -0.25) is 4.79 Å². The molecule has 0 rings (SSSR count). The highest BCUT2D eigenvalue weighted by molar-refractivity contribution is 5.71. The summed E-state index contributed by atoms with van der Waals surface area (Å²) in [5.41, 5.74) is 0. The molecule has 0 heterocycles. The second kappa shape index (κ2) is 5.95. The van der Waals surface area contributed by atoms with Crippen molar-refractivity contribution in [2.75, 3.05) is 19.6 Å². The van der Waals surface area contributed by atoms with Crippen LogP contribution in [0.25, 0.3) is 0 Å². The molecule has 0 aliphatic heterocycles. The Morgan fingerprint density at radius 1 is 1.40 bits per heavy atom. The summed E-state index contributed by atoms with van der Waals surface area (Å²) in [5.74, 6) is -4.10. The average Bonchev–Trinajstić information content (AvgIpc) is 2.09. The lowest BCUT2D eigenvalue weighted by atomic mass is 10.1. The minimum atomic E-state index is -4.67. The largest absolute Gasteiger partial charge is 0.481 e. The van der Waals surface area contributed by atoms with Gasteiger partial charge >= 0.3 is 12.1 Å². The van der Waals surface area contributed by atoms with E-state index in [2.05, 4.69) is 0 Å². The Labute approximate surface area is 86.9 Å². The van der Waals surface area contributed by atoms with Crippen LogP contribution in [0.2, 0.25) is 0 Å². The number of alkyl halides is 3. The van der Waals surface area contributed by atoms with Crippen LogP contribution in [0.15, 0.2) is 0 Å². The molecule has 90 valence electrons. The molecule has 0 spiro atoms. The molecule has 0 aromatic heterocycles. The van der Waals surface area contributed by atoms with E-state index in [9.17, 15) is 18.0 Å². The lowest BCUT2D eigenvalue weighted by molar-refractivity contribution is -0.196. The maximum absolute atomic E-state index is 12.3. The number of hydrogen-bond acceptors (Lipinski definition) is 2. The van der Waals surface area contributed by atoms with Crippen LogP contribution in [0.4, 0.5) is 13.2 Å². The van der Waals surface area contributed by atoms with Gasteiger partial charge in [-0.15, -0.1) is 0 Å². The van der Waals surface area contributed by atoms with Gasteiger partial charge in [0.25, 0.3) is 0 Å². The van der Waals surface area contributed by atoms with Crippen molar-refractivity contribution in [1.82, 2.24) is 4.90 Å². The standard InChI is InChI=1S/C9H16F3NO2/c1-3-5-13(4-2)6-7(8(14)15)9(10,11)12/h7H,3-6H2,1-2H3,(H,14,15). The molecule has 3 nitrogen and oxygen atoms in total. The van der Waals surface area contributed by atoms with Crippen molar-refractivity contribution in [3.8, 4) is 0 Å². The molecule has 0 aromatic carbocycles. The molecule has 0 saturated heterocycles. The van der Waals surface area contributed by atoms with Crippen LogP contribution in [0.1, 0.15) is 20.3 Å². The number of carboxylic acid groups (broad SMARTS) is 1. The first-order valence-corrected chi connectivity index (χ1v) is 4.84. The summed E-state index contributed by atoms with van der Waals surface area (Å²) in [6, 6.07) is 0. The van der Waals surface area contributed by atoms with E-state index >= 15 is 0 Å². The molecule has 0 fully saturated rings. The quantitative estimate of drug-likeness (QED) is 0.754. The van der Waals surface area contributed by atoms with Gasteiger partial charge in [0.15, 0.2) is 5.92 Å². The van der Waals surface area contributed by atoms with Crippen LogP contribution in [0.3, 0.4) is 0 Å². The highest BCUT2D eigenvalue weighted by Crippen LogP contribution is 2.27. The molecule has 1 N–H and O–H groups in total. The van der Waals surface area contributed by atoms with Gasteiger partial charge < -0.3 is 10.0 Å². The molecular formula is C9H16F3NO2. The van der Waals surface area contributed by atoms with Crippen molar-refractivity contribution in [3.63, 3.8) is 0 Å². The predicted octanol–water partition coefficient (Wildman–Crippen LogP) is 1.98. The number of nitrogens with zero attached hydrogens (tertiary/aromatic N) is 1. The van der Waals surface area contributed by atoms with Crippen LogP contribution in [0.5, 0.6) is 0 Å². The highest BCUT2D eigenvalue weighted by atomic mass is 19.4. The van der Waals surface area contributed by atoms with Gasteiger partial charge in [-0.25, -0.2) is 0 Å². The number of hydrogen-bond donors (Lipinski definition) is 1. The minimum Gasteiger partial charge on any atom is -0.481 e. The normalized spacial score (nSPS) is 14.3. The zero-order chi connectivity index (χ0) is 12.1. The van der Waals surface area contributed by atoms with Gasteiger partial charge in [0.1, 0.15) is 0 Å². The molecule has 0 aliphatic rings. The van der Waals surface area contributed by atoms with Crippen molar-refractivity contribution in [2.24, 2.45) is 5.92 Å². The van der Waals surface area contributed by atoms with E-state index in [4.69, 9.17) is 5.11 Å². The number of aliphatic carboxylic acids is 1. The van der Waals surface area contributed by atoms with E-state index in [-0.39, 0.29) is 0 Å². The second-order valence-electron chi connectivity index (χ2n) is 3.33. The third kappa shape index (κ3) is 5.01. The monoisotopic (exact) mass is 227 g/mol. The summed E-state index contributed by atoms with van der Waals surface area (Å²) in [6.45, 7) is 3.99. The van der Waals surface area contributed by atoms with Crippen LogP contribution in [0, 0.1) is 5.92 Å². The first-order chi connectivity index (χ1) is 6.82. The van der Waals surface area contributed by atoms with Crippen LogP contribution in [-0.4, -0.2) is 41.8 Å². The summed E-state index contributed by atoms with van der Waals surface area (Å²) < 4.78 is 36.9. The molecule has 0 aliphatic carbocycles. The lowest BCUT2D eigenvalue weighted by Crippen LogP contribution is -2.41. The zero-order valence-electron chi connectivity index (χ0n) is 8.84. The molecule has 6 heteroatoms. The van der Waals surface area contributed by atoms with Crippen molar-refractivity contribution in [1.29, 1.82) is 0 Å². The highest BCUT2D eigenvalue weighted by Gasteiger charge is 2.45. The number of rotatable bonds is 6. The molecule has 15 heavy (non-hydrogen) atoms. The van der Waals surface area contributed by atoms with Gasteiger partial charge in [-0.05, 0) is 19.5 Å². The van der Waals surface area contributed by atoms with E-state index in [1.807, 2.05) is 6.92 Å². The summed E-state index contributed by atoms with van der Waals surface area (Å²) in [4.78, 5) is 11.9. The third-order valence-corrected chi connectivity index (χ3v) is 2.12. The second-order valence-corrected chi connectivity index (χ2v) is 3.33. The van der Waals surface area contributed by atoms with Crippen molar-refractivity contribution < 1.29 is 23.1 Å². The number of halogens is 3. The van der Waals surface area contributed by atoms with E-state index in [0.717, 1.165) is 0 Å². The maximum atomic E-state index is 12.3. The topological polar surface area (TPSA) is 40.5 Å². The molecular weight excluding hydrogens is 211 g/mol. The summed E-state index contributed by atoms with van der Waals surface area (Å²) in [7, 11) is 0. The maximum Gasteiger partial charge on any atom is 0.403 e. The Morgan fingerprint density at radius 3 is 2.20 bits per heavy atom. The SMILES string of the molecule is CCCN(CC)CC(C(=O)O)C(F)(F)F. The predicted molar refractivity (Wildman–Crippen MR) is 49.6 cm³/mol. The van der Waals surface area contributed by atoms with E-state index in [0.29, 0.717) is 19.5 Å². The average molecular weight is 227 g/mol. The van der Waals surface area contributed by atoms with Crippen LogP contribution < -0.4 is 0 Å². The first-order valence-electron chi connectivity index (χ1n) is 4.84. The Balaban J connectivity index is 4.46. The first kappa shape index (κ1) is 14.2. The zero-order valence-corrected chi connectivity index (χ0v) is 8.84. The van der Waals surface area contributed by atoms with Gasteiger partial charge in [-0.2, -0.15) is 13.2 Å². The minimum absolute atomic E-state index is 0.424. The fourth-order valence-corrected chi connectivity index (χ4v) is 1.27. The van der Waals surface area contributed by atoms with Gasteiger partial charge in [0, 0.05) is 6.54 Å². The Bertz CT molecular complexity index is 206. The van der Waals surface area contributed by atoms with Crippen molar-refractivity contribution in [2.45, 2.75) is 26.4 Å². The number of carboxylic acids is 1. The summed E-state index contributed by atoms with van der Waals surface area (Å²) in [5, 5.41) is 8.47. The Kier molecular flexibility index (Phi) is 5.64. The Morgan fingerprint density at radius 2 is 1.93 bits per heavy atom. The summed E-state index contributed by atoms with van der Waals surface area (Å²) >= 11 is 0. The van der Waals surface area contributed by atoms with Gasteiger partial charge in [0.05, 0.1) is 0 Å². The Hall–Kier alpha value is -0.780. The molecule has 0 aromatic rings. The van der Waals surface area contributed by atoms with Gasteiger partial charge in [-0.1, -0.05) is 13.8 Å². The fourth-order valence-electron chi connectivity index (χ4n) is 1.27. The smallest absolute Gasteiger partial charge is 0.403 e. The fraction of sp³-hybridized carbons (Fsp3) is 0.889. The van der Waals surface area contributed by atoms with Crippen molar-refractivity contribution >= 4 is 5.97 Å². The van der Waals surface area contributed by atoms with Crippen molar-refractivity contribution in [3.05, 3.63) is 0 Å². The summed E-state index contributed by atoms with van der Waals surface area (Å²) in [6.07, 6.45) is -3.97.